The molecule has 0 bridgehead atoms. The van der Waals surface area contributed by atoms with Gasteiger partial charge < -0.3 is 4.90 Å². The topological polar surface area (TPSA) is 37.4 Å². The van der Waals surface area contributed by atoms with E-state index in [1.807, 2.05) is 25.3 Å². The molecule has 0 fully saturated rings. The van der Waals surface area contributed by atoms with Crippen molar-refractivity contribution in [1.82, 2.24) is 0 Å². The molecule has 3 rings (SSSR count). The maximum Gasteiger partial charge on any atom is 0.233 e. The van der Waals surface area contributed by atoms with Crippen LogP contribution in [-0.2, 0) is 5.41 Å². The van der Waals surface area contributed by atoms with Gasteiger partial charge in [0.2, 0.25) is 10.9 Å². The molecule has 0 saturated carbocycles. The zero-order chi connectivity index (χ0) is 13.8. The summed E-state index contributed by atoms with van der Waals surface area (Å²) >= 11 is 0. The van der Waals surface area contributed by atoms with Crippen LogP contribution in [-0.4, -0.2) is 7.05 Å². The molecule has 0 atom stereocenters. The molecule has 0 amide bonds. The first kappa shape index (κ1) is 11.9. The lowest BCUT2D eigenvalue weighted by atomic mass is 9.83. The Kier molecular flexibility index (Phi) is 2.30. The zero-order valence-electron chi connectivity index (χ0n) is 11.2. The number of para-hydroxylation sites is 1. The summed E-state index contributed by atoms with van der Waals surface area (Å²) in [6.07, 6.45) is 1.84. The molecule has 3 nitrogen and oxygen atoms in total. The van der Waals surface area contributed by atoms with Crippen LogP contribution in [0.3, 0.4) is 0 Å². The Hall–Kier alpha value is -2.16. The third kappa shape index (κ3) is 1.51. The molecule has 2 aromatic rings. The first-order chi connectivity index (χ1) is 8.93. The molecule has 2 aromatic carbocycles. The van der Waals surface area contributed by atoms with E-state index in [1.54, 1.807) is 0 Å². The summed E-state index contributed by atoms with van der Waals surface area (Å²) in [5, 5.41) is 0. The Bertz CT molecular complexity index is 761. The Morgan fingerprint density at radius 2 is 1.84 bits per heavy atom. The van der Waals surface area contributed by atoms with E-state index in [2.05, 4.69) is 30.9 Å². The van der Waals surface area contributed by atoms with Crippen molar-refractivity contribution in [3.63, 3.8) is 0 Å². The van der Waals surface area contributed by atoms with Gasteiger partial charge in [-0.05, 0) is 17.7 Å². The van der Waals surface area contributed by atoms with Crippen LogP contribution in [0.4, 0.5) is 5.69 Å². The van der Waals surface area contributed by atoms with E-state index in [-0.39, 0.29) is 10.8 Å². The number of anilines is 1. The van der Waals surface area contributed by atoms with Gasteiger partial charge in [0.1, 0.15) is 0 Å². The molecule has 0 aliphatic carbocycles. The van der Waals surface area contributed by atoms with Gasteiger partial charge in [0.15, 0.2) is 0 Å². The summed E-state index contributed by atoms with van der Waals surface area (Å²) < 4.78 is 0. The highest BCUT2D eigenvalue weighted by molar-refractivity contribution is 5.75. The van der Waals surface area contributed by atoms with Gasteiger partial charge in [-0.3, -0.25) is 9.59 Å². The average molecular weight is 253 g/mol. The van der Waals surface area contributed by atoms with Gasteiger partial charge in [-0.15, -0.1) is 0 Å². The van der Waals surface area contributed by atoms with Gasteiger partial charge >= 0.3 is 0 Å². The lowest BCUT2D eigenvalue weighted by molar-refractivity contribution is 0.645. The molecule has 0 saturated heterocycles. The van der Waals surface area contributed by atoms with Crippen molar-refractivity contribution >= 4 is 11.8 Å². The number of benzene rings is 1. The van der Waals surface area contributed by atoms with Gasteiger partial charge in [0.25, 0.3) is 0 Å². The van der Waals surface area contributed by atoms with E-state index in [1.165, 1.54) is 11.6 Å². The second-order valence-electron chi connectivity index (χ2n) is 5.52. The van der Waals surface area contributed by atoms with Crippen LogP contribution in [0, 0.1) is 0 Å². The van der Waals surface area contributed by atoms with E-state index in [4.69, 9.17) is 0 Å². The fourth-order valence-electron chi connectivity index (χ4n) is 2.85. The van der Waals surface area contributed by atoms with Crippen molar-refractivity contribution in [2.75, 3.05) is 11.9 Å². The third-order valence-electron chi connectivity index (χ3n) is 4.01. The molecule has 0 aromatic heterocycles. The van der Waals surface area contributed by atoms with Crippen LogP contribution in [0.2, 0.25) is 0 Å². The summed E-state index contributed by atoms with van der Waals surface area (Å²) in [7, 11) is 1.99. The van der Waals surface area contributed by atoms with Crippen LogP contribution < -0.4 is 15.8 Å². The monoisotopic (exact) mass is 253 g/mol. The Morgan fingerprint density at radius 3 is 2.42 bits per heavy atom. The predicted octanol–water partition coefficient (Wildman–Crippen LogP) is 2.05. The third-order valence-corrected chi connectivity index (χ3v) is 4.01. The lowest BCUT2D eigenvalue weighted by Crippen LogP contribution is -2.33. The van der Waals surface area contributed by atoms with Crippen molar-refractivity contribution in [1.29, 1.82) is 0 Å². The largest absolute Gasteiger partial charge is 0.347 e. The number of rotatable bonds is 1. The van der Waals surface area contributed by atoms with E-state index >= 15 is 0 Å². The van der Waals surface area contributed by atoms with Crippen LogP contribution in [0.1, 0.15) is 25.0 Å². The molecule has 0 N–H and O–H groups in total. The zero-order valence-corrected chi connectivity index (χ0v) is 11.2. The number of likely N-dealkylation sites (N-methyl/N-ethyl adjacent to an activating group) is 1. The average Bonchev–Trinajstić information content (AvgIpc) is 2.59. The van der Waals surface area contributed by atoms with Crippen molar-refractivity contribution in [3.8, 4) is 0 Å². The molecular weight excluding hydrogens is 238 g/mol. The van der Waals surface area contributed by atoms with Crippen LogP contribution in [0.5, 0.6) is 0 Å². The molecule has 0 spiro atoms. The molecular formula is C16H15NO2. The number of hydrogen-bond acceptors (Lipinski definition) is 3. The van der Waals surface area contributed by atoms with Gasteiger partial charge in [-0.25, -0.2) is 0 Å². The Labute approximate surface area is 111 Å². The van der Waals surface area contributed by atoms with E-state index < -0.39 is 5.43 Å². The summed E-state index contributed by atoms with van der Waals surface area (Å²) in [6.45, 7) is 4.26. The quantitative estimate of drug-likeness (QED) is 0.730. The highest BCUT2D eigenvalue weighted by atomic mass is 16.2. The fraction of sp³-hybridized carbons (Fsp3) is 0.250. The highest BCUT2D eigenvalue weighted by Gasteiger charge is 2.38. The summed E-state index contributed by atoms with van der Waals surface area (Å²) in [5.74, 6) is 0. The van der Waals surface area contributed by atoms with E-state index in [9.17, 15) is 9.59 Å². The first-order valence-corrected chi connectivity index (χ1v) is 6.28. The Balaban J connectivity index is 2.16. The molecule has 1 aliphatic rings. The lowest BCUT2D eigenvalue weighted by Gasteiger charge is -2.24. The van der Waals surface area contributed by atoms with Crippen molar-refractivity contribution in [2.45, 2.75) is 19.3 Å². The second kappa shape index (κ2) is 3.67. The molecule has 0 unspecified atom stereocenters. The molecule has 1 aliphatic heterocycles. The number of nitrogens with zero attached hydrogens (tertiary/aromatic N) is 1. The molecule has 0 radical (unpaired) electrons. The molecule has 3 heteroatoms. The van der Waals surface area contributed by atoms with Crippen LogP contribution >= 0.6 is 0 Å². The van der Waals surface area contributed by atoms with Crippen LogP contribution in [0.25, 0.3) is 6.08 Å². The summed E-state index contributed by atoms with van der Waals surface area (Å²) in [5.41, 5.74) is 2.99. The maximum absolute atomic E-state index is 11.5. The van der Waals surface area contributed by atoms with Crippen LogP contribution in [0.15, 0.2) is 45.6 Å². The van der Waals surface area contributed by atoms with E-state index in [0.717, 1.165) is 11.4 Å². The van der Waals surface area contributed by atoms with Gasteiger partial charge in [0.05, 0.1) is 0 Å². The number of fused-ring (bicyclic) bond motifs is 1. The molecule has 96 valence electrons. The second-order valence-corrected chi connectivity index (χ2v) is 5.52. The standard InChI is InChI=1S/C16H15NO2/c1-16(2)11-6-4-5-7-12(11)17(3)14(16)9-10-8-13(18)15(10)19/h4-9H,1-3H3/b14-9+. The predicted molar refractivity (Wildman–Crippen MR) is 77.2 cm³/mol. The molecule has 19 heavy (non-hydrogen) atoms. The van der Waals surface area contributed by atoms with Gasteiger partial charge in [-0.2, -0.15) is 0 Å². The summed E-state index contributed by atoms with van der Waals surface area (Å²) in [4.78, 5) is 24.6. The van der Waals surface area contributed by atoms with Crippen molar-refractivity contribution in [3.05, 3.63) is 67.6 Å². The minimum atomic E-state index is -0.400. The summed E-state index contributed by atoms with van der Waals surface area (Å²) in [6, 6.07) is 9.61. The van der Waals surface area contributed by atoms with E-state index in [0.29, 0.717) is 5.56 Å². The first-order valence-electron chi connectivity index (χ1n) is 6.28. The number of hydrogen-bond donors (Lipinski definition) is 0. The van der Waals surface area contributed by atoms with Gasteiger partial charge in [0, 0.05) is 35.5 Å². The SMILES string of the molecule is CN1/C(=C/c2cc(=O)c2=O)C(C)(C)c2ccccc21. The minimum absolute atomic E-state index is 0.162. The normalized spacial score (nSPS) is 19.1. The fourth-order valence-corrected chi connectivity index (χ4v) is 2.85. The number of allylic oxidation sites excluding steroid dienone is 1. The Morgan fingerprint density at radius 1 is 1.16 bits per heavy atom. The van der Waals surface area contributed by atoms with Crippen molar-refractivity contribution < 1.29 is 0 Å². The minimum Gasteiger partial charge on any atom is -0.347 e. The van der Waals surface area contributed by atoms with Crippen molar-refractivity contribution in [2.24, 2.45) is 0 Å². The molecule has 1 heterocycles. The highest BCUT2D eigenvalue weighted by Crippen LogP contribution is 2.47. The van der Waals surface area contributed by atoms with Gasteiger partial charge in [-0.1, -0.05) is 32.0 Å². The maximum atomic E-state index is 11.5. The smallest absolute Gasteiger partial charge is 0.233 e.